The second-order valence-corrected chi connectivity index (χ2v) is 8.08. The predicted molar refractivity (Wildman–Crippen MR) is 99.1 cm³/mol. The summed E-state index contributed by atoms with van der Waals surface area (Å²) in [5.41, 5.74) is 0.499. The van der Waals surface area contributed by atoms with Crippen LogP contribution in [0.4, 0.5) is 10.8 Å². The van der Waals surface area contributed by atoms with Crippen LogP contribution in [0.3, 0.4) is 0 Å². The molecule has 124 valence electrons. The van der Waals surface area contributed by atoms with Crippen LogP contribution in [0, 0.1) is 0 Å². The first-order valence-electron chi connectivity index (χ1n) is 6.99. The van der Waals surface area contributed by atoms with E-state index in [1.807, 2.05) is 0 Å². The molecule has 0 radical (unpaired) electrons. The minimum atomic E-state index is -0.336. The highest BCUT2D eigenvalue weighted by atomic mass is 35.5. The summed E-state index contributed by atoms with van der Waals surface area (Å²) in [6, 6.07) is 4.94. The number of nitrogens with zero attached hydrogens (tertiary/aromatic N) is 2. The quantitative estimate of drug-likeness (QED) is 0.665. The molecular formula is C14H16Cl2N4OS2. The summed E-state index contributed by atoms with van der Waals surface area (Å²) in [5.74, 6) is -0.169. The lowest BCUT2D eigenvalue weighted by Crippen LogP contribution is -2.22. The van der Waals surface area contributed by atoms with E-state index in [2.05, 4.69) is 27.8 Å². The number of benzene rings is 1. The van der Waals surface area contributed by atoms with Crippen molar-refractivity contribution in [3.05, 3.63) is 28.2 Å². The van der Waals surface area contributed by atoms with Crippen molar-refractivity contribution in [3.63, 3.8) is 0 Å². The molecule has 2 rings (SSSR count). The normalized spacial score (nSPS) is 12.0. The molecule has 0 fully saturated rings. The van der Waals surface area contributed by atoms with Gasteiger partial charge >= 0.3 is 0 Å². The zero-order valence-electron chi connectivity index (χ0n) is 12.6. The molecule has 0 aliphatic carbocycles. The van der Waals surface area contributed by atoms with Gasteiger partial charge in [-0.1, -0.05) is 53.2 Å². The highest BCUT2D eigenvalue weighted by Gasteiger charge is 2.18. The largest absolute Gasteiger partial charge is 0.360 e. The van der Waals surface area contributed by atoms with E-state index in [9.17, 15) is 4.79 Å². The number of halogens is 2. The van der Waals surface area contributed by atoms with Gasteiger partial charge in [0.1, 0.15) is 0 Å². The summed E-state index contributed by atoms with van der Waals surface area (Å²) in [7, 11) is 0. The number of nitrogens with one attached hydrogen (secondary N) is 2. The smallest absolute Gasteiger partial charge is 0.237 e. The van der Waals surface area contributed by atoms with Crippen molar-refractivity contribution >= 4 is 63.0 Å². The van der Waals surface area contributed by atoms with Crippen LogP contribution in [0.15, 0.2) is 22.5 Å². The molecule has 1 aromatic carbocycles. The van der Waals surface area contributed by atoms with E-state index in [4.69, 9.17) is 23.2 Å². The SMILES string of the molecule is CCCNc1nnc(S[C@@H](C)C(=O)Nc2cc(Cl)ccc2Cl)s1. The molecule has 23 heavy (non-hydrogen) atoms. The van der Waals surface area contributed by atoms with E-state index in [-0.39, 0.29) is 11.2 Å². The first kappa shape index (κ1) is 18.3. The van der Waals surface area contributed by atoms with Crippen LogP contribution in [0.25, 0.3) is 0 Å². The molecule has 1 heterocycles. The molecule has 1 amide bonds. The van der Waals surface area contributed by atoms with Crippen LogP contribution in [0.1, 0.15) is 20.3 Å². The number of carbonyl (C=O) groups excluding carboxylic acids is 1. The highest BCUT2D eigenvalue weighted by Crippen LogP contribution is 2.30. The maximum atomic E-state index is 12.3. The lowest BCUT2D eigenvalue weighted by atomic mass is 10.3. The molecule has 1 atom stereocenters. The monoisotopic (exact) mass is 390 g/mol. The summed E-state index contributed by atoms with van der Waals surface area (Å²) in [6.07, 6.45) is 1.02. The maximum Gasteiger partial charge on any atom is 0.237 e. The fraction of sp³-hybridized carbons (Fsp3) is 0.357. The number of amides is 1. The molecule has 9 heteroatoms. The molecule has 2 aromatic rings. The third-order valence-corrected chi connectivity index (χ3v) is 5.40. The average Bonchev–Trinajstić information content (AvgIpc) is 2.96. The molecule has 0 saturated carbocycles. The van der Waals surface area contributed by atoms with Gasteiger partial charge in [-0.25, -0.2) is 0 Å². The van der Waals surface area contributed by atoms with Crippen LogP contribution in [-0.2, 0) is 4.79 Å². The Bertz CT molecular complexity index is 681. The van der Waals surface area contributed by atoms with Crippen molar-refractivity contribution < 1.29 is 4.79 Å². The van der Waals surface area contributed by atoms with Crippen molar-refractivity contribution in [3.8, 4) is 0 Å². The first-order valence-corrected chi connectivity index (χ1v) is 9.44. The summed E-state index contributed by atoms with van der Waals surface area (Å²) in [4.78, 5) is 12.3. The summed E-state index contributed by atoms with van der Waals surface area (Å²) >= 11 is 14.7. The lowest BCUT2D eigenvalue weighted by molar-refractivity contribution is -0.115. The number of rotatable bonds is 7. The zero-order valence-corrected chi connectivity index (χ0v) is 15.7. The summed E-state index contributed by atoms with van der Waals surface area (Å²) < 4.78 is 0.739. The van der Waals surface area contributed by atoms with Gasteiger partial charge in [0, 0.05) is 11.6 Å². The van der Waals surface area contributed by atoms with E-state index in [1.165, 1.54) is 23.1 Å². The van der Waals surface area contributed by atoms with Gasteiger partial charge in [0.2, 0.25) is 11.0 Å². The molecule has 0 spiro atoms. The van der Waals surface area contributed by atoms with Gasteiger partial charge in [-0.3, -0.25) is 4.79 Å². The maximum absolute atomic E-state index is 12.3. The molecule has 0 saturated heterocycles. The molecule has 5 nitrogen and oxygen atoms in total. The average molecular weight is 391 g/mol. The predicted octanol–water partition coefficient (Wildman–Crippen LogP) is 4.79. The standard InChI is InChI=1S/C14H16Cl2N4OS2/c1-3-6-17-13-19-20-14(23-13)22-8(2)12(21)18-11-7-9(15)4-5-10(11)16/h4-5,7-8H,3,6H2,1-2H3,(H,17,19)(H,18,21)/t8-/m0/s1. The van der Waals surface area contributed by atoms with Gasteiger partial charge in [0.05, 0.1) is 16.0 Å². The van der Waals surface area contributed by atoms with Gasteiger partial charge in [0.15, 0.2) is 4.34 Å². The fourth-order valence-electron chi connectivity index (χ4n) is 1.59. The van der Waals surface area contributed by atoms with Crippen LogP contribution >= 0.6 is 46.3 Å². The fourth-order valence-corrected chi connectivity index (χ4v) is 3.85. The van der Waals surface area contributed by atoms with Crippen molar-refractivity contribution in [1.82, 2.24) is 10.2 Å². The van der Waals surface area contributed by atoms with Gasteiger partial charge in [-0.05, 0) is 31.5 Å². The van der Waals surface area contributed by atoms with Gasteiger partial charge < -0.3 is 10.6 Å². The molecule has 0 bridgehead atoms. The molecule has 1 aromatic heterocycles. The van der Waals surface area contributed by atoms with Crippen LogP contribution in [0.5, 0.6) is 0 Å². The van der Waals surface area contributed by atoms with Crippen molar-refractivity contribution in [1.29, 1.82) is 0 Å². The number of carbonyl (C=O) groups is 1. The van der Waals surface area contributed by atoms with E-state index < -0.39 is 0 Å². The summed E-state index contributed by atoms with van der Waals surface area (Å²) in [6.45, 7) is 4.73. The molecule has 0 aliphatic rings. The molecular weight excluding hydrogens is 375 g/mol. The second kappa shape index (κ2) is 8.73. The van der Waals surface area contributed by atoms with Crippen LogP contribution < -0.4 is 10.6 Å². The highest BCUT2D eigenvalue weighted by molar-refractivity contribution is 8.02. The van der Waals surface area contributed by atoms with E-state index in [0.717, 1.165) is 22.4 Å². The molecule has 0 unspecified atom stereocenters. The van der Waals surface area contributed by atoms with Crippen molar-refractivity contribution in [2.75, 3.05) is 17.2 Å². The Morgan fingerprint density at radius 2 is 2.17 bits per heavy atom. The zero-order chi connectivity index (χ0) is 16.8. The van der Waals surface area contributed by atoms with E-state index >= 15 is 0 Å². The number of hydrogen-bond donors (Lipinski definition) is 2. The van der Waals surface area contributed by atoms with Gasteiger partial charge in [0.25, 0.3) is 0 Å². The Kier molecular flexibility index (Phi) is 6.95. The minimum Gasteiger partial charge on any atom is -0.360 e. The van der Waals surface area contributed by atoms with Gasteiger partial charge in [-0.15, -0.1) is 10.2 Å². The van der Waals surface area contributed by atoms with Gasteiger partial charge in [-0.2, -0.15) is 0 Å². The van der Waals surface area contributed by atoms with Crippen molar-refractivity contribution in [2.45, 2.75) is 29.9 Å². The number of aromatic nitrogens is 2. The lowest BCUT2D eigenvalue weighted by Gasteiger charge is -2.11. The van der Waals surface area contributed by atoms with Crippen LogP contribution in [-0.4, -0.2) is 27.9 Å². The van der Waals surface area contributed by atoms with Crippen LogP contribution in [0.2, 0.25) is 10.0 Å². The third-order valence-electron chi connectivity index (χ3n) is 2.77. The van der Waals surface area contributed by atoms with E-state index in [1.54, 1.807) is 25.1 Å². The second-order valence-electron chi connectivity index (χ2n) is 4.67. The third kappa shape index (κ3) is 5.53. The number of thioether (sulfide) groups is 1. The summed E-state index contributed by atoms with van der Waals surface area (Å²) in [5, 5.41) is 15.4. The number of anilines is 2. The Labute approximate surface area is 153 Å². The Hall–Kier alpha value is -1.02. The molecule has 2 N–H and O–H groups in total. The van der Waals surface area contributed by atoms with Crippen molar-refractivity contribution in [2.24, 2.45) is 0 Å². The molecule has 0 aliphatic heterocycles. The number of hydrogen-bond acceptors (Lipinski definition) is 6. The Morgan fingerprint density at radius 1 is 1.39 bits per heavy atom. The topological polar surface area (TPSA) is 66.9 Å². The minimum absolute atomic E-state index is 0.169. The Morgan fingerprint density at radius 3 is 2.91 bits per heavy atom. The first-order chi connectivity index (χ1) is 11.0. The van der Waals surface area contributed by atoms with E-state index in [0.29, 0.717) is 15.7 Å². The Balaban J connectivity index is 1.94.